The SMILES string of the molecule is C[C@H](N)c1cncn1-c1ccc(Cl)cc1Br. The van der Waals surface area contributed by atoms with Crippen molar-refractivity contribution in [2.24, 2.45) is 5.73 Å². The third-order valence-corrected chi connectivity index (χ3v) is 3.17. The number of nitrogens with two attached hydrogens (primary N) is 1. The van der Waals surface area contributed by atoms with Gasteiger partial charge in [0, 0.05) is 15.5 Å². The zero-order chi connectivity index (χ0) is 11.7. The number of hydrogen-bond acceptors (Lipinski definition) is 2. The highest BCUT2D eigenvalue weighted by Crippen LogP contribution is 2.26. The summed E-state index contributed by atoms with van der Waals surface area (Å²) in [4.78, 5) is 4.11. The van der Waals surface area contributed by atoms with Gasteiger partial charge in [-0.05, 0) is 41.1 Å². The minimum absolute atomic E-state index is 0.0647. The Bertz CT molecular complexity index is 508. The molecule has 0 unspecified atom stereocenters. The molecule has 0 aliphatic rings. The first-order chi connectivity index (χ1) is 7.59. The second-order valence-corrected chi connectivity index (χ2v) is 4.86. The van der Waals surface area contributed by atoms with Gasteiger partial charge >= 0.3 is 0 Å². The molecule has 1 heterocycles. The van der Waals surface area contributed by atoms with Gasteiger partial charge in [-0.1, -0.05) is 11.6 Å². The molecule has 0 aliphatic carbocycles. The number of hydrogen-bond donors (Lipinski definition) is 1. The molecule has 0 radical (unpaired) electrons. The maximum absolute atomic E-state index is 5.90. The van der Waals surface area contributed by atoms with Crippen LogP contribution in [0.2, 0.25) is 5.02 Å². The van der Waals surface area contributed by atoms with E-state index in [2.05, 4.69) is 20.9 Å². The van der Waals surface area contributed by atoms with Crippen molar-refractivity contribution in [1.82, 2.24) is 9.55 Å². The summed E-state index contributed by atoms with van der Waals surface area (Å²) in [7, 11) is 0. The van der Waals surface area contributed by atoms with Gasteiger partial charge in [-0.3, -0.25) is 0 Å². The lowest BCUT2D eigenvalue weighted by atomic mass is 10.2. The fourth-order valence-electron chi connectivity index (χ4n) is 1.52. The number of rotatable bonds is 2. The van der Waals surface area contributed by atoms with E-state index in [9.17, 15) is 0 Å². The van der Waals surface area contributed by atoms with Crippen molar-refractivity contribution < 1.29 is 0 Å². The van der Waals surface area contributed by atoms with E-state index < -0.39 is 0 Å². The van der Waals surface area contributed by atoms with Crippen LogP contribution in [0.4, 0.5) is 0 Å². The average molecular weight is 301 g/mol. The van der Waals surface area contributed by atoms with Gasteiger partial charge in [0.15, 0.2) is 0 Å². The molecule has 2 rings (SSSR count). The minimum atomic E-state index is -0.0647. The quantitative estimate of drug-likeness (QED) is 0.924. The second-order valence-electron chi connectivity index (χ2n) is 3.57. The Labute approximate surface area is 107 Å². The molecule has 0 aliphatic heterocycles. The topological polar surface area (TPSA) is 43.8 Å². The predicted octanol–water partition coefficient (Wildman–Crippen LogP) is 3.31. The van der Waals surface area contributed by atoms with Crippen molar-refractivity contribution in [2.75, 3.05) is 0 Å². The van der Waals surface area contributed by atoms with E-state index in [-0.39, 0.29) is 6.04 Å². The lowest BCUT2D eigenvalue weighted by molar-refractivity contribution is 0.751. The summed E-state index contributed by atoms with van der Waals surface area (Å²) in [5.74, 6) is 0. The first-order valence-electron chi connectivity index (χ1n) is 4.83. The Kier molecular flexibility index (Phi) is 3.33. The zero-order valence-corrected chi connectivity index (χ0v) is 11.0. The molecule has 0 saturated heterocycles. The highest BCUT2D eigenvalue weighted by Gasteiger charge is 2.10. The van der Waals surface area contributed by atoms with E-state index in [0.717, 1.165) is 15.9 Å². The maximum Gasteiger partial charge on any atom is 0.0995 e. The number of benzene rings is 1. The summed E-state index contributed by atoms with van der Waals surface area (Å²) in [6, 6.07) is 5.55. The summed E-state index contributed by atoms with van der Waals surface area (Å²) < 4.78 is 2.87. The van der Waals surface area contributed by atoms with Crippen molar-refractivity contribution >= 4 is 27.5 Å². The van der Waals surface area contributed by atoms with E-state index in [4.69, 9.17) is 17.3 Å². The molecular formula is C11H11BrClN3. The highest BCUT2D eigenvalue weighted by atomic mass is 79.9. The lowest BCUT2D eigenvalue weighted by Gasteiger charge is -2.12. The van der Waals surface area contributed by atoms with Crippen molar-refractivity contribution in [1.29, 1.82) is 0 Å². The van der Waals surface area contributed by atoms with E-state index in [1.165, 1.54) is 0 Å². The van der Waals surface area contributed by atoms with Gasteiger partial charge in [0.1, 0.15) is 0 Å². The van der Waals surface area contributed by atoms with Crippen LogP contribution in [0.3, 0.4) is 0 Å². The highest BCUT2D eigenvalue weighted by molar-refractivity contribution is 9.10. The van der Waals surface area contributed by atoms with Gasteiger partial charge in [0.25, 0.3) is 0 Å². The normalized spacial score (nSPS) is 12.8. The molecule has 16 heavy (non-hydrogen) atoms. The smallest absolute Gasteiger partial charge is 0.0995 e. The van der Waals surface area contributed by atoms with Crippen LogP contribution in [-0.4, -0.2) is 9.55 Å². The molecule has 2 aromatic rings. The van der Waals surface area contributed by atoms with Crippen molar-refractivity contribution in [2.45, 2.75) is 13.0 Å². The summed E-state index contributed by atoms with van der Waals surface area (Å²) in [6.07, 6.45) is 3.51. The molecule has 84 valence electrons. The van der Waals surface area contributed by atoms with E-state index in [1.54, 1.807) is 12.5 Å². The van der Waals surface area contributed by atoms with Crippen molar-refractivity contribution in [3.8, 4) is 5.69 Å². The standard InChI is InChI=1S/C11H11BrClN3/c1-7(14)11-5-15-6-16(11)10-3-2-8(13)4-9(10)12/h2-7H,14H2,1H3/t7-/m0/s1. The molecule has 5 heteroatoms. The third kappa shape index (κ3) is 2.14. The molecule has 0 spiro atoms. The first kappa shape index (κ1) is 11.6. The molecule has 0 bridgehead atoms. The Morgan fingerprint density at radius 2 is 2.25 bits per heavy atom. The van der Waals surface area contributed by atoms with Crippen molar-refractivity contribution in [3.63, 3.8) is 0 Å². The van der Waals surface area contributed by atoms with Gasteiger partial charge in [0.2, 0.25) is 0 Å². The lowest BCUT2D eigenvalue weighted by Crippen LogP contribution is -2.10. The summed E-state index contributed by atoms with van der Waals surface area (Å²) in [5, 5.41) is 0.693. The Morgan fingerprint density at radius 1 is 1.50 bits per heavy atom. The van der Waals surface area contributed by atoms with Crippen LogP contribution >= 0.6 is 27.5 Å². The van der Waals surface area contributed by atoms with Gasteiger partial charge in [-0.25, -0.2) is 4.98 Å². The summed E-state index contributed by atoms with van der Waals surface area (Å²) >= 11 is 9.38. The van der Waals surface area contributed by atoms with Gasteiger partial charge in [0.05, 0.1) is 23.9 Å². The first-order valence-corrected chi connectivity index (χ1v) is 6.00. The predicted molar refractivity (Wildman–Crippen MR) is 68.9 cm³/mol. The Balaban J connectivity index is 2.54. The average Bonchev–Trinajstić information content (AvgIpc) is 2.66. The molecule has 0 amide bonds. The number of aromatic nitrogens is 2. The van der Waals surface area contributed by atoms with E-state index in [0.29, 0.717) is 5.02 Å². The maximum atomic E-state index is 5.90. The van der Waals surface area contributed by atoms with Gasteiger partial charge in [-0.2, -0.15) is 0 Å². The fourth-order valence-corrected chi connectivity index (χ4v) is 2.39. The zero-order valence-electron chi connectivity index (χ0n) is 8.69. The largest absolute Gasteiger partial charge is 0.323 e. The van der Waals surface area contributed by atoms with Crippen LogP contribution in [0.25, 0.3) is 5.69 Å². The molecule has 2 N–H and O–H groups in total. The van der Waals surface area contributed by atoms with Crippen LogP contribution in [0.1, 0.15) is 18.7 Å². The molecule has 1 aromatic carbocycles. The monoisotopic (exact) mass is 299 g/mol. The van der Waals surface area contributed by atoms with Crippen LogP contribution < -0.4 is 5.73 Å². The number of halogens is 2. The van der Waals surface area contributed by atoms with Gasteiger partial charge < -0.3 is 10.3 Å². The molecule has 1 aromatic heterocycles. The molecule has 0 saturated carbocycles. The molecular weight excluding hydrogens is 289 g/mol. The van der Waals surface area contributed by atoms with Crippen LogP contribution in [0.15, 0.2) is 35.2 Å². The van der Waals surface area contributed by atoms with E-state index >= 15 is 0 Å². The van der Waals surface area contributed by atoms with Crippen LogP contribution in [-0.2, 0) is 0 Å². The molecule has 0 fully saturated rings. The van der Waals surface area contributed by atoms with Gasteiger partial charge in [-0.15, -0.1) is 0 Å². The summed E-state index contributed by atoms with van der Waals surface area (Å²) in [6.45, 7) is 1.93. The number of nitrogens with zero attached hydrogens (tertiary/aromatic N) is 2. The fraction of sp³-hybridized carbons (Fsp3) is 0.182. The third-order valence-electron chi connectivity index (χ3n) is 2.30. The molecule has 3 nitrogen and oxygen atoms in total. The van der Waals surface area contributed by atoms with Crippen LogP contribution in [0.5, 0.6) is 0 Å². The summed E-state index contributed by atoms with van der Waals surface area (Å²) in [5.41, 5.74) is 7.82. The van der Waals surface area contributed by atoms with E-state index in [1.807, 2.05) is 29.7 Å². The minimum Gasteiger partial charge on any atom is -0.323 e. The van der Waals surface area contributed by atoms with Crippen LogP contribution in [0, 0.1) is 0 Å². The second kappa shape index (κ2) is 4.57. The number of imidazole rings is 1. The Morgan fingerprint density at radius 3 is 2.88 bits per heavy atom. The van der Waals surface area contributed by atoms with Crippen molar-refractivity contribution in [3.05, 3.63) is 45.9 Å². The Hall–Kier alpha value is -0.840. The molecule has 1 atom stereocenters.